The molecule has 2 unspecified atom stereocenters. The molecule has 0 fully saturated rings. The number of fused-ring (bicyclic) bond motifs is 3. The van der Waals surface area contributed by atoms with E-state index < -0.39 is 24.0 Å². The number of amides is 2. The monoisotopic (exact) mass is 436 g/mol. The molecule has 3 rings (SSSR count). The van der Waals surface area contributed by atoms with Gasteiger partial charge in [-0.2, -0.15) is 0 Å². The average molecular weight is 437 g/mol. The second kappa shape index (κ2) is 10.6. The van der Waals surface area contributed by atoms with E-state index in [1.54, 1.807) is 6.92 Å². The minimum atomic E-state index is -1.07. The number of benzene rings is 2. The molecule has 2 atom stereocenters. The van der Waals surface area contributed by atoms with Crippen LogP contribution in [-0.4, -0.2) is 42.3 Å². The van der Waals surface area contributed by atoms with Crippen LogP contribution in [0.2, 0.25) is 0 Å². The number of hydrogen-bond acceptors (Lipinski definition) is 4. The maximum Gasteiger partial charge on any atom is 0.407 e. The molecule has 32 heavy (non-hydrogen) atoms. The van der Waals surface area contributed by atoms with Crippen LogP contribution in [0.15, 0.2) is 60.7 Å². The van der Waals surface area contributed by atoms with E-state index in [4.69, 9.17) is 4.74 Å². The Morgan fingerprint density at radius 1 is 1.06 bits per heavy atom. The normalized spacial score (nSPS) is 14.3. The third-order valence-corrected chi connectivity index (χ3v) is 5.75. The SMILES string of the molecule is CCC(C)C(NC(=O)/C=C/CNC(=O)OCC1c2ccccc2-c2ccccc21)C(=O)O. The van der Waals surface area contributed by atoms with Crippen molar-refractivity contribution >= 4 is 18.0 Å². The molecule has 0 radical (unpaired) electrons. The summed E-state index contributed by atoms with van der Waals surface area (Å²) in [4.78, 5) is 35.3. The Hall–Kier alpha value is -3.61. The number of carbonyl (C=O) groups is 3. The van der Waals surface area contributed by atoms with Gasteiger partial charge in [0.05, 0.1) is 0 Å². The minimum Gasteiger partial charge on any atom is -0.480 e. The minimum absolute atomic E-state index is 0.0250. The molecule has 2 aromatic rings. The van der Waals surface area contributed by atoms with E-state index in [0.717, 1.165) is 22.3 Å². The number of ether oxygens (including phenoxy) is 1. The Kier molecular flexibility index (Phi) is 7.65. The summed E-state index contributed by atoms with van der Waals surface area (Å²) in [5.74, 6) is -1.81. The van der Waals surface area contributed by atoms with E-state index in [1.165, 1.54) is 12.2 Å². The Morgan fingerprint density at radius 3 is 2.22 bits per heavy atom. The number of alkyl carbamates (subject to hydrolysis) is 1. The fourth-order valence-electron chi connectivity index (χ4n) is 3.84. The van der Waals surface area contributed by atoms with E-state index in [2.05, 4.69) is 22.8 Å². The largest absolute Gasteiger partial charge is 0.480 e. The number of carboxylic acids is 1. The van der Waals surface area contributed by atoms with Crippen LogP contribution in [-0.2, 0) is 14.3 Å². The smallest absolute Gasteiger partial charge is 0.407 e. The number of carbonyl (C=O) groups excluding carboxylic acids is 2. The van der Waals surface area contributed by atoms with Crippen molar-refractivity contribution in [1.29, 1.82) is 0 Å². The number of nitrogens with one attached hydrogen (secondary N) is 2. The Morgan fingerprint density at radius 2 is 1.66 bits per heavy atom. The van der Waals surface area contributed by atoms with Crippen LogP contribution in [0.5, 0.6) is 0 Å². The first-order chi connectivity index (χ1) is 15.4. The molecular formula is C25H28N2O5. The van der Waals surface area contributed by atoms with Gasteiger partial charge >= 0.3 is 12.1 Å². The molecular weight excluding hydrogens is 408 g/mol. The summed E-state index contributed by atoms with van der Waals surface area (Å²) in [6.45, 7) is 3.92. The van der Waals surface area contributed by atoms with Crippen LogP contribution in [0.3, 0.4) is 0 Å². The average Bonchev–Trinajstić information content (AvgIpc) is 3.12. The van der Waals surface area contributed by atoms with E-state index in [9.17, 15) is 19.5 Å². The standard InChI is InChI=1S/C25H28N2O5/c1-3-16(2)23(24(29)30)27-22(28)13-8-14-26-25(31)32-15-21-19-11-6-4-9-17(19)18-10-5-7-12-20(18)21/h4-13,16,21,23H,3,14-15H2,1-2H3,(H,26,31)(H,27,28)(H,29,30)/b13-8+. The summed E-state index contributed by atoms with van der Waals surface area (Å²) in [6, 6.07) is 15.2. The maximum absolute atomic E-state index is 12.1. The molecule has 0 aromatic heterocycles. The lowest BCUT2D eigenvalue weighted by molar-refractivity contribution is -0.142. The fraction of sp³-hybridized carbons (Fsp3) is 0.320. The van der Waals surface area contributed by atoms with Gasteiger partial charge in [-0.3, -0.25) is 4.79 Å². The van der Waals surface area contributed by atoms with Gasteiger partial charge in [0, 0.05) is 18.5 Å². The Balaban J connectivity index is 1.48. The van der Waals surface area contributed by atoms with E-state index in [0.29, 0.717) is 6.42 Å². The van der Waals surface area contributed by atoms with Crippen LogP contribution >= 0.6 is 0 Å². The lowest BCUT2D eigenvalue weighted by Gasteiger charge is -2.19. The first-order valence-electron chi connectivity index (χ1n) is 10.7. The van der Waals surface area contributed by atoms with Gasteiger partial charge in [-0.25, -0.2) is 9.59 Å². The maximum atomic E-state index is 12.1. The van der Waals surface area contributed by atoms with Gasteiger partial charge in [0.2, 0.25) is 5.91 Å². The van der Waals surface area contributed by atoms with Gasteiger partial charge in [-0.05, 0) is 28.2 Å². The number of aliphatic carboxylic acids is 1. The zero-order chi connectivity index (χ0) is 23.1. The molecule has 3 N–H and O–H groups in total. The van der Waals surface area contributed by atoms with Crippen molar-refractivity contribution in [3.8, 4) is 11.1 Å². The van der Waals surface area contributed by atoms with Crippen molar-refractivity contribution in [2.45, 2.75) is 32.2 Å². The quantitative estimate of drug-likeness (QED) is 0.520. The van der Waals surface area contributed by atoms with Crippen LogP contribution in [0.4, 0.5) is 4.79 Å². The third kappa shape index (κ3) is 5.35. The highest BCUT2D eigenvalue weighted by Gasteiger charge is 2.29. The van der Waals surface area contributed by atoms with Gasteiger partial charge in [-0.15, -0.1) is 0 Å². The van der Waals surface area contributed by atoms with Gasteiger partial charge in [0.1, 0.15) is 12.6 Å². The van der Waals surface area contributed by atoms with Crippen molar-refractivity contribution in [3.05, 3.63) is 71.8 Å². The van der Waals surface area contributed by atoms with Crippen molar-refractivity contribution in [3.63, 3.8) is 0 Å². The Bertz CT molecular complexity index is 971. The summed E-state index contributed by atoms with van der Waals surface area (Å²) in [5, 5.41) is 14.3. The molecule has 168 valence electrons. The van der Waals surface area contributed by atoms with Crippen molar-refractivity contribution in [2.75, 3.05) is 13.2 Å². The highest BCUT2D eigenvalue weighted by molar-refractivity contribution is 5.91. The molecule has 1 aliphatic carbocycles. The fourth-order valence-corrected chi connectivity index (χ4v) is 3.84. The molecule has 2 amide bonds. The van der Waals surface area contributed by atoms with Crippen molar-refractivity contribution in [1.82, 2.24) is 10.6 Å². The summed E-state index contributed by atoms with van der Waals surface area (Å²) in [7, 11) is 0. The predicted molar refractivity (Wildman–Crippen MR) is 121 cm³/mol. The molecule has 7 nitrogen and oxygen atoms in total. The topological polar surface area (TPSA) is 105 Å². The number of carboxylic acid groups (broad SMARTS) is 1. The van der Waals surface area contributed by atoms with E-state index in [1.807, 2.05) is 43.3 Å². The summed E-state index contributed by atoms with van der Waals surface area (Å²) >= 11 is 0. The number of hydrogen-bond donors (Lipinski definition) is 3. The van der Waals surface area contributed by atoms with Crippen LogP contribution in [0.25, 0.3) is 11.1 Å². The van der Waals surface area contributed by atoms with Gasteiger partial charge in [-0.1, -0.05) is 74.9 Å². The zero-order valence-electron chi connectivity index (χ0n) is 18.2. The van der Waals surface area contributed by atoms with Crippen LogP contribution in [0.1, 0.15) is 37.3 Å². The van der Waals surface area contributed by atoms with Crippen LogP contribution in [0, 0.1) is 5.92 Å². The lowest BCUT2D eigenvalue weighted by atomic mass is 9.98. The summed E-state index contributed by atoms with van der Waals surface area (Å²) < 4.78 is 5.43. The highest BCUT2D eigenvalue weighted by atomic mass is 16.5. The summed E-state index contributed by atoms with van der Waals surface area (Å²) in [5.41, 5.74) is 4.57. The molecule has 0 saturated carbocycles. The third-order valence-electron chi connectivity index (χ3n) is 5.75. The van der Waals surface area contributed by atoms with E-state index in [-0.39, 0.29) is 25.0 Å². The molecule has 0 bridgehead atoms. The molecule has 0 spiro atoms. The second-order valence-electron chi connectivity index (χ2n) is 7.82. The molecule has 1 aliphatic rings. The molecule has 2 aromatic carbocycles. The highest BCUT2D eigenvalue weighted by Crippen LogP contribution is 2.44. The van der Waals surface area contributed by atoms with Crippen LogP contribution < -0.4 is 10.6 Å². The molecule has 0 heterocycles. The van der Waals surface area contributed by atoms with E-state index >= 15 is 0 Å². The second-order valence-corrected chi connectivity index (χ2v) is 7.82. The first-order valence-corrected chi connectivity index (χ1v) is 10.7. The zero-order valence-corrected chi connectivity index (χ0v) is 18.2. The van der Waals surface area contributed by atoms with Gasteiger partial charge in [0.15, 0.2) is 0 Å². The molecule has 0 saturated heterocycles. The van der Waals surface area contributed by atoms with Crippen molar-refractivity contribution in [2.24, 2.45) is 5.92 Å². The Labute approximate surface area is 187 Å². The first kappa shape index (κ1) is 23.1. The van der Waals surface area contributed by atoms with Crippen molar-refractivity contribution < 1.29 is 24.2 Å². The van der Waals surface area contributed by atoms with Gasteiger partial charge < -0.3 is 20.5 Å². The molecule has 0 aliphatic heterocycles. The summed E-state index contributed by atoms with van der Waals surface area (Å²) in [6.07, 6.45) is 2.71. The molecule has 7 heteroatoms. The predicted octanol–water partition coefficient (Wildman–Crippen LogP) is 3.70. The van der Waals surface area contributed by atoms with Gasteiger partial charge in [0.25, 0.3) is 0 Å². The number of rotatable bonds is 9. The lowest BCUT2D eigenvalue weighted by Crippen LogP contribution is -2.44.